The molecule has 0 bridgehead atoms. The average molecular weight is 410 g/mol. The van der Waals surface area contributed by atoms with Crippen molar-refractivity contribution in [2.24, 2.45) is 0 Å². The first-order chi connectivity index (χ1) is 12.9. The third-order valence-corrected chi connectivity index (χ3v) is 4.51. The van der Waals surface area contributed by atoms with Gasteiger partial charge in [-0.3, -0.25) is 4.79 Å². The fraction of sp³-hybridized carbons (Fsp3) is 0.300. The van der Waals surface area contributed by atoms with Crippen LogP contribution in [0, 0.1) is 0 Å². The molecule has 2 rings (SSSR count). The Morgan fingerprint density at radius 3 is 2.56 bits per heavy atom. The number of para-hydroxylation sites is 1. The molecule has 2 aromatic rings. The number of nitrogens with one attached hydrogen (secondary N) is 1. The van der Waals surface area contributed by atoms with E-state index < -0.39 is 18.5 Å². The van der Waals surface area contributed by atoms with Crippen molar-refractivity contribution in [1.29, 1.82) is 0 Å². The largest absolute Gasteiger partial charge is 0.480 e. The van der Waals surface area contributed by atoms with Crippen molar-refractivity contribution in [2.75, 3.05) is 18.5 Å². The van der Waals surface area contributed by atoms with Crippen LogP contribution < -0.4 is 10.1 Å². The fourth-order valence-corrected chi connectivity index (χ4v) is 2.83. The molecule has 27 heavy (non-hydrogen) atoms. The molecule has 144 valence electrons. The minimum absolute atomic E-state index is 0.287. The van der Waals surface area contributed by atoms with Gasteiger partial charge in [0.15, 0.2) is 13.2 Å². The molecule has 1 atom stereocenters. The van der Waals surface area contributed by atoms with Crippen molar-refractivity contribution in [2.45, 2.75) is 26.2 Å². The van der Waals surface area contributed by atoms with Crippen LogP contribution in [0.4, 0.5) is 5.69 Å². The van der Waals surface area contributed by atoms with E-state index in [0.717, 1.165) is 17.7 Å². The minimum atomic E-state index is -0.675. The summed E-state index contributed by atoms with van der Waals surface area (Å²) in [6, 6.07) is 12.2. The Labute approximate surface area is 168 Å². The second-order valence-electron chi connectivity index (χ2n) is 5.97. The monoisotopic (exact) mass is 409 g/mol. The summed E-state index contributed by atoms with van der Waals surface area (Å²) in [5, 5.41) is 3.53. The number of hydrogen-bond acceptors (Lipinski definition) is 4. The van der Waals surface area contributed by atoms with Crippen LogP contribution in [0.15, 0.2) is 42.5 Å². The molecule has 0 aromatic heterocycles. The number of anilines is 1. The number of hydrogen-bond donors (Lipinski definition) is 1. The van der Waals surface area contributed by atoms with Crippen molar-refractivity contribution >= 4 is 40.8 Å². The van der Waals surface area contributed by atoms with E-state index >= 15 is 0 Å². The third kappa shape index (κ3) is 6.45. The van der Waals surface area contributed by atoms with E-state index in [-0.39, 0.29) is 11.6 Å². The summed E-state index contributed by atoms with van der Waals surface area (Å²) in [6.45, 7) is 3.41. The van der Waals surface area contributed by atoms with Gasteiger partial charge < -0.3 is 14.8 Å². The lowest BCUT2D eigenvalue weighted by Gasteiger charge is -2.15. The van der Waals surface area contributed by atoms with Gasteiger partial charge >= 0.3 is 5.97 Å². The summed E-state index contributed by atoms with van der Waals surface area (Å²) < 4.78 is 10.2. The van der Waals surface area contributed by atoms with Crippen LogP contribution >= 0.6 is 23.2 Å². The number of esters is 1. The summed E-state index contributed by atoms with van der Waals surface area (Å²) in [5.74, 6) is -0.471. The van der Waals surface area contributed by atoms with Crippen LogP contribution in [-0.2, 0) is 14.3 Å². The molecule has 0 aliphatic heterocycles. The van der Waals surface area contributed by atoms with Crippen molar-refractivity contribution in [3.05, 3.63) is 58.1 Å². The van der Waals surface area contributed by atoms with Gasteiger partial charge in [0.25, 0.3) is 5.91 Å². The van der Waals surface area contributed by atoms with Gasteiger partial charge in [-0.1, -0.05) is 55.2 Å². The summed E-state index contributed by atoms with van der Waals surface area (Å²) in [4.78, 5) is 23.9. The van der Waals surface area contributed by atoms with Crippen LogP contribution in [0.3, 0.4) is 0 Å². The number of halogens is 2. The Morgan fingerprint density at radius 1 is 1.11 bits per heavy atom. The standard InChI is InChI=1S/C20H21Cl2NO4/c1-3-13(2)15-6-4-5-7-17(15)23-19(24)11-27-20(25)12-26-18-9-8-14(21)10-16(18)22/h4-10,13H,3,11-12H2,1-2H3,(H,23,24)/t13-/m0/s1. The number of carbonyl (C=O) groups excluding carboxylic acids is 2. The fourth-order valence-electron chi connectivity index (χ4n) is 2.36. The molecular formula is C20H21Cl2NO4. The van der Waals surface area contributed by atoms with Crippen LogP contribution in [0.2, 0.25) is 10.0 Å². The molecule has 0 aliphatic rings. The number of benzene rings is 2. The van der Waals surface area contributed by atoms with Crippen molar-refractivity contribution in [3.8, 4) is 5.75 Å². The van der Waals surface area contributed by atoms with Gasteiger partial charge in [0, 0.05) is 10.7 Å². The maximum atomic E-state index is 12.1. The molecule has 0 saturated heterocycles. The molecule has 7 heteroatoms. The van der Waals surface area contributed by atoms with Gasteiger partial charge in [-0.15, -0.1) is 0 Å². The minimum Gasteiger partial charge on any atom is -0.480 e. The van der Waals surface area contributed by atoms with Gasteiger partial charge in [-0.25, -0.2) is 4.79 Å². The lowest BCUT2D eigenvalue weighted by Crippen LogP contribution is -2.24. The zero-order valence-corrected chi connectivity index (χ0v) is 16.6. The number of carbonyl (C=O) groups is 2. The zero-order chi connectivity index (χ0) is 19.8. The highest BCUT2D eigenvalue weighted by molar-refractivity contribution is 6.35. The molecule has 1 amide bonds. The van der Waals surface area contributed by atoms with Crippen LogP contribution in [0.1, 0.15) is 31.7 Å². The van der Waals surface area contributed by atoms with E-state index in [9.17, 15) is 9.59 Å². The molecule has 2 aromatic carbocycles. The summed E-state index contributed by atoms with van der Waals surface area (Å²) in [6.07, 6.45) is 0.951. The van der Waals surface area contributed by atoms with Gasteiger partial charge in [0.2, 0.25) is 0 Å². The smallest absolute Gasteiger partial charge is 0.344 e. The Bertz CT molecular complexity index is 810. The number of ether oxygens (including phenoxy) is 2. The van der Waals surface area contributed by atoms with Crippen LogP contribution in [0.5, 0.6) is 5.75 Å². The first kappa shape index (κ1) is 21.1. The summed E-state index contributed by atoms with van der Waals surface area (Å²) in [7, 11) is 0. The second kappa shape index (κ2) is 10.2. The molecular weight excluding hydrogens is 389 g/mol. The summed E-state index contributed by atoms with van der Waals surface area (Å²) >= 11 is 11.8. The first-order valence-electron chi connectivity index (χ1n) is 8.53. The average Bonchev–Trinajstić information content (AvgIpc) is 2.65. The second-order valence-corrected chi connectivity index (χ2v) is 6.81. The summed E-state index contributed by atoms with van der Waals surface area (Å²) in [5.41, 5.74) is 1.76. The Balaban J connectivity index is 1.82. The molecule has 0 spiro atoms. The van der Waals surface area contributed by atoms with E-state index in [2.05, 4.69) is 19.2 Å². The quantitative estimate of drug-likeness (QED) is 0.618. The van der Waals surface area contributed by atoms with Crippen molar-refractivity contribution in [1.82, 2.24) is 0 Å². The van der Waals surface area contributed by atoms with E-state index in [1.165, 1.54) is 6.07 Å². The Hall–Kier alpha value is -2.24. The SMILES string of the molecule is CC[C@H](C)c1ccccc1NC(=O)COC(=O)COc1ccc(Cl)cc1Cl. The van der Waals surface area contributed by atoms with E-state index in [0.29, 0.717) is 16.7 Å². The van der Waals surface area contributed by atoms with Crippen LogP contribution in [-0.4, -0.2) is 25.1 Å². The van der Waals surface area contributed by atoms with Gasteiger partial charge in [0.05, 0.1) is 5.02 Å². The molecule has 0 radical (unpaired) electrons. The number of amides is 1. The highest BCUT2D eigenvalue weighted by Gasteiger charge is 2.13. The van der Waals surface area contributed by atoms with Crippen molar-refractivity contribution in [3.63, 3.8) is 0 Å². The predicted octanol–water partition coefficient (Wildman–Crippen LogP) is 5.07. The van der Waals surface area contributed by atoms with E-state index in [1.807, 2.05) is 24.3 Å². The van der Waals surface area contributed by atoms with Gasteiger partial charge in [0.1, 0.15) is 5.75 Å². The van der Waals surface area contributed by atoms with E-state index in [1.54, 1.807) is 12.1 Å². The van der Waals surface area contributed by atoms with Crippen LogP contribution in [0.25, 0.3) is 0 Å². The van der Waals surface area contributed by atoms with Gasteiger partial charge in [-0.2, -0.15) is 0 Å². The lowest BCUT2D eigenvalue weighted by molar-refractivity contribution is -0.149. The molecule has 1 N–H and O–H groups in total. The first-order valence-corrected chi connectivity index (χ1v) is 9.28. The zero-order valence-electron chi connectivity index (χ0n) is 15.1. The maximum Gasteiger partial charge on any atom is 0.344 e. The highest BCUT2D eigenvalue weighted by Crippen LogP contribution is 2.28. The molecule has 5 nitrogen and oxygen atoms in total. The molecule has 0 saturated carbocycles. The Kier molecular flexibility index (Phi) is 7.95. The van der Waals surface area contributed by atoms with Gasteiger partial charge in [-0.05, 0) is 42.2 Å². The normalized spacial score (nSPS) is 11.6. The Morgan fingerprint density at radius 2 is 1.85 bits per heavy atom. The highest BCUT2D eigenvalue weighted by atomic mass is 35.5. The van der Waals surface area contributed by atoms with Crippen molar-refractivity contribution < 1.29 is 19.1 Å². The molecule has 0 aliphatic carbocycles. The molecule has 0 fully saturated rings. The topological polar surface area (TPSA) is 64.6 Å². The number of rotatable bonds is 8. The predicted molar refractivity (Wildman–Crippen MR) is 107 cm³/mol. The molecule has 0 heterocycles. The maximum absolute atomic E-state index is 12.1. The van der Waals surface area contributed by atoms with E-state index in [4.69, 9.17) is 32.7 Å². The molecule has 0 unspecified atom stereocenters. The third-order valence-electron chi connectivity index (χ3n) is 3.98. The lowest BCUT2D eigenvalue weighted by atomic mass is 9.97.